The van der Waals surface area contributed by atoms with E-state index in [1.807, 2.05) is 0 Å². The van der Waals surface area contributed by atoms with Gasteiger partial charge in [-0.3, -0.25) is 0 Å². The summed E-state index contributed by atoms with van der Waals surface area (Å²) in [5.74, 6) is 0.767. The van der Waals surface area contributed by atoms with E-state index in [0.717, 1.165) is 18.9 Å². The molecule has 0 amide bonds. The van der Waals surface area contributed by atoms with Crippen LogP contribution in [0.2, 0.25) is 0 Å². The van der Waals surface area contributed by atoms with Crippen LogP contribution in [0.5, 0.6) is 0 Å². The van der Waals surface area contributed by atoms with Gasteiger partial charge in [0.05, 0.1) is 12.7 Å². The van der Waals surface area contributed by atoms with Crippen LogP contribution in [0.3, 0.4) is 0 Å². The fourth-order valence-corrected chi connectivity index (χ4v) is 3.69. The number of nitrogens with two attached hydrogens (primary N) is 1. The van der Waals surface area contributed by atoms with Crippen LogP contribution in [0.15, 0.2) is 24.3 Å². The second kappa shape index (κ2) is 6.73. The molecule has 2 heteroatoms. The van der Waals surface area contributed by atoms with Crippen molar-refractivity contribution < 1.29 is 4.74 Å². The minimum Gasteiger partial charge on any atom is -0.374 e. The second-order valence-electron chi connectivity index (χ2n) is 7.15. The number of benzene rings is 1. The van der Waals surface area contributed by atoms with Crippen LogP contribution in [-0.2, 0) is 17.8 Å². The first-order valence-electron chi connectivity index (χ1n) is 7.88. The van der Waals surface area contributed by atoms with E-state index in [2.05, 4.69) is 45.0 Å². The highest BCUT2D eigenvalue weighted by Gasteiger charge is 2.32. The molecule has 2 rings (SSSR count). The molecule has 0 aliphatic heterocycles. The molecule has 1 aromatic rings. The van der Waals surface area contributed by atoms with Gasteiger partial charge in [0.1, 0.15) is 0 Å². The first kappa shape index (κ1) is 15.5. The molecule has 1 aliphatic rings. The summed E-state index contributed by atoms with van der Waals surface area (Å²) in [7, 11) is 0. The Balaban J connectivity index is 1.95. The zero-order valence-corrected chi connectivity index (χ0v) is 13.2. The normalized spacial score (nSPS) is 25.6. The number of hydrogen-bond donors (Lipinski definition) is 1. The van der Waals surface area contributed by atoms with E-state index in [-0.39, 0.29) is 0 Å². The lowest BCUT2D eigenvalue weighted by molar-refractivity contribution is -0.0318. The minimum atomic E-state index is 0.402. The fraction of sp³-hybridized carbons (Fsp3) is 0.667. The average Bonchev–Trinajstić information content (AvgIpc) is 2.36. The molecule has 20 heavy (non-hydrogen) atoms. The Bertz CT molecular complexity index is 427. The van der Waals surface area contributed by atoms with E-state index < -0.39 is 0 Å². The molecule has 2 nitrogen and oxygen atoms in total. The van der Waals surface area contributed by atoms with Crippen LogP contribution < -0.4 is 5.73 Å². The van der Waals surface area contributed by atoms with Crippen LogP contribution >= 0.6 is 0 Å². The molecule has 2 unspecified atom stereocenters. The van der Waals surface area contributed by atoms with Crippen molar-refractivity contribution >= 4 is 0 Å². The molecule has 1 fully saturated rings. The summed E-state index contributed by atoms with van der Waals surface area (Å²) >= 11 is 0. The molecule has 0 saturated heterocycles. The number of hydrogen-bond acceptors (Lipinski definition) is 2. The molecule has 0 bridgehead atoms. The molecule has 2 N–H and O–H groups in total. The molecule has 0 radical (unpaired) electrons. The first-order chi connectivity index (χ1) is 9.50. The highest BCUT2D eigenvalue weighted by Crippen LogP contribution is 2.39. The predicted molar refractivity (Wildman–Crippen MR) is 84.6 cm³/mol. The quantitative estimate of drug-likeness (QED) is 0.884. The lowest BCUT2D eigenvalue weighted by Crippen LogP contribution is -2.32. The van der Waals surface area contributed by atoms with Gasteiger partial charge < -0.3 is 10.5 Å². The Morgan fingerprint density at radius 1 is 1.20 bits per heavy atom. The van der Waals surface area contributed by atoms with Crippen LogP contribution in [-0.4, -0.2) is 12.6 Å². The highest BCUT2D eigenvalue weighted by atomic mass is 16.5. The summed E-state index contributed by atoms with van der Waals surface area (Å²) in [5.41, 5.74) is 8.73. The first-order valence-corrected chi connectivity index (χ1v) is 7.88. The average molecular weight is 275 g/mol. The van der Waals surface area contributed by atoms with Crippen molar-refractivity contribution in [3.8, 4) is 0 Å². The van der Waals surface area contributed by atoms with Gasteiger partial charge in [0.25, 0.3) is 0 Å². The van der Waals surface area contributed by atoms with Crippen molar-refractivity contribution in [1.82, 2.24) is 0 Å². The zero-order valence-electron chi connectivity index (χ0n) is 13.2. The van der Waals surface area contributed by atoms with Crippen LogP contribution in [0.4, 0.5) is 0 Å². The lowest BCUT2D eigenvalue weighted by atomic mass is 9.71. The summed E-state index contributed by atoms with van der Waals surface area (Å²) in [6.07, 6.45) is 5.03. The molecule has 2 atom stereocenters. The Labute approximate surface area is 123 Å². The molecule has 0 heterocycles. The topological polar surface area (TPSA) is 35.2 Å². The van der Waals surface area contributed by atoms with E-state index in [1.54, 1.807) is 0 Å². The predicted octanol–water partition coefficient (Wildman–Crippen LogP) is 3.92. The molecule has 0 aromatic heterocycles. The van der Waals surface area contributed by atoms with E-state index in [1.165, 1.54) is 30.4 Å². The van der Waals surface area contributed by atoms with Crippen molar-refractivity contribution in [2.75, 3.05) is 6.54 Å². The van der Waals surface area contributed by atoms with Gasteiger partial charge in [0, 0.05) is 0 Å². The molecule has 1 aromatic carbocycles. The third-order valence-corrected chi connectivity index (χ3v) is 4.35. The summed E-state index contributed by atoms with van der Waals surface area (Å²) in [6, 6.07) is 8.51. The van der Waals surface area contributed by atoms with Gasteiger partial charge in [0.2, 0.25) is 0 Å². The van der Waals surface area contributed by atoms with Gasteiger partial charge in [-0.1, -0.05) is 45.0 Å². The number of ether oxygens (including phenoxy) is 1. The van der Waals surface area contributed by atoms with Gasteiger partial charge in [-0.25, -0.2) is 0 Å². The maximum absolute atomic E-state index is 6.22. The van der Waals surface area contributed by atoms with Crippen LogP contribution in [0, 0.1) is 11.3 Å². The van der Waals surface area contributed by atoms with Gasteiger partial charge >= 0.3 is 0 Å². The summed E-state index contributed by atoms with van der Waals surface area (Å²) in [6.45, 7) is 8.50. The summed E-state index contributed by atoms with van der Waals surface area (Å²) < 4.78 is 6.22. The molecule has 0 spiro atoms. The van der Waals surface area contributed by atoms with Gasteiger partial charge in [0.15, 0.2) is 0 Å². The van der Waals surface area contributed by atoms with Crippen molar-refractivity contribution in [2.24, 2.45) is 17.1 Å². The van der Waals surface area contributed by atoms with Gasteiger partial charge in [-0.15, -0.1) is 0 Å². The van der Waals surface area contributed by atoms with Crippen LogP contribution in [0.25, 0.3) is 0 Å². The third-order valence-electron chi connectivity index (χ3n) is 4.35. The van der Waals surface area contributed by atoms with Crippen LogP contribution in [0.1, 0.15) is 51.2 Å². The maximum Gasteiger partial charge on any atom is 0.0723 e. The SMILES string of the molecule is CC1CC(OCc2ccccc2CCN)CC(C)(C)C1. The molecule has 112 valence electrons. The molecular formula is C18H29NO. The number of rotatable bonds is 5. The molecule has 1 saturated carbocycles. The highest BCUT2D eigenvalue weighted by molar-refractivity contribution is 5.26. The summed E-state index contributed by atoms with van der Waals surface area (Å²) in [4.78, 5) is 0. The molecule has 1 aliphatic carbocycles. The second-order valence-corrected chi connectivity index (χ2v) is 7.15. The standard InChI is InChI=1S/C18H29NO/c1-14-10-17(12-18(2,3)11-14)20-13-16-7-5-4-6-15(16)8-9-19/h4-7,14,17H,8-13,19H2,1-3H3. The van der Waals surface area contributed by atoms with Gasteiger partial charge in [-0.05, 0) is 54.7 Å². The Morgan fingerprint density at radius 2 is 1.90 bits per heavy atom. The Kier molecular flexibility index (Phi) is 5.22. The zero-order chi connectivity index (χ0) is 14.6. The van der Waals surface area contributed by atoms with Crippen molar-refractivity contribution in [3.63, 3.8) is 0 Å². The van der Waals surface area contributed by atoms with E-state index in [9.17, 15) is 0 Å². The van der Waals surface area contributed by atoms with Crippen molar-refractivity contribution in [3.05, 3.63) is 35.4 Å². The molecular weight excluding hydrogens is 246 g/mol. The lowest BCUT2D eigenvalue weighted by Gasteiger charge is -2.38. The minimum absolute atomic E-state index is 0.402. The van der Waals surface area contributed by atoms with Crippen molar-refractivity contribution in [2.45, 2.75) is 59.2 Å². The smallest absolute Gasteiger partial charge is 0.0723 e. The van der Waals surface area contributed by atoms with Crippen molar-refractivity contribution in [1.29, 1.82) is 0 Å². The van der Waals surface area contributed by atoms with Gasteiger partial charge in [-0.2, -0.15) is 0 Å². The van der Waals surface area contributed by atoms with E-state index >= 15 is 0 Å². The third kappa shape index (κ3) is 4.32. The Hall–Kier alpha value is -0.860. The Morgan fingerprint density at radius 3 is 2.55 bits per heavy atom. The monoisotopic (exact) mass is 275 g/mol. The van der Waals surface area contributed by atoms with E-state index in [4.69, 9.17) is 10.5 Å². The fourth-order valence-electron chi connectivity index (χ4n) is 3.69. The van der Waals surface area contributed by atoms with E-state index in [0.29, 0.717) is 18.1 Å². The largest absolute Gasteiger partial charge is 0.374 e. The maximum atomic E-state index is 6.22. The summed E-state index contributed by atoms with van der Waals surface area (Å²) in [5, 5.41) is 0.